The lowest BCUT2D eigenvalue weighted by atomic mass is 10.1. The molecule has 2 heterocycles. The predicted molar refractivity (Wildman–Crippen MR) is 86.7 cm³/mol. The van der Waals surface area contributed by atoms with Crippen LogP contribution in [0.5, 0.6) is 5.75 Å². The van der Waals surface area contributed by atoms with E-state index in [4.69, 9.17) is 33.0 Å². The maximum Gasteiger partial charge on any atom is 0.345 e. The predicted octanol–water partition coefficient (Wildman–Crippen LogP) is 3.58. The van der Waals surface area contributed by atoms with Gasteiger partial charge in [-0.1, -0.05) is 23.2 Å². The van der Waals surface area contributed by atoms with Gasteiger partial charge in [-0.05, 0) is 23.9 Å². The normalized spacial score (nSPS) is 16.9. The van der Waals surface area contributed by atoms with E-state index in [9.17, 15) is 13.2 Å². The molecule has 9 heteroatoms. The number of hydrogen-bond donors (Lipinski definition) is 1. The van der Waals surface area contributed by atoms with Gasteiger partial charge in [0.2, 0.25) is 9.84 Å². The highest BCUT2D eigenvalue weighted by molar-refractivity contribution is 7.91. The molecule has 0 radical (unpaired) electrons. The molecule has 1 atom stereocenters. The fourth-order valence-electron chi connectivity index (χ4n) is 2.37. The van der Waals surface area contributed by atoms with Gasteiger partial charge in [-0.2, -0.15) is 11.3 Å². The number of hydrogen-bond acceptors (Lipinski definition) is 5. The standard InChI is InChI=1S/C14H10Cl2O5S2/c1-6-4-22-5-10(6)23(19,20)9-3-7-2-8(14(17)18)21-13(7)12(16)11(9)15/h3-5,8H,2H2,1H3,(H,17,18). The molecule has 0 spiro atoms. The molecular weight excluding hydrogens is 383 g/mol. The van der Waals surface area contributed by atoms with Crippen molar-refractivity contribution in [2.75, 3.05) is 0 Å². The largest absolute Gasteiger partial charge is 0.478 e. The Morgan fingerprint density at radius 2 is 2.00 bits per heavy atom. The van der Waals surface area contributed by atoms with Crippen molar-refractivity contribution < 1.29 is 23.1 Å². The van der Waals surface area contributed by atoms with Crippen LogP contribution in [0.3, 0.4) is 0 Å². The number of carboxylic acid groups (broad SMARTS) is 1. The summed E-state index contributed by atoms with van der Waals surface area (Å²) < 4.78 is 30.9. The molecule has 1 N–H and O–H groups in total. The van der Waals surface area contributed by atoms with Crippen LogP contribution in [0.2, 0.25) is 10.0 Å². The zero-order valence-corrected chi connectivity index (χ0v) is 14.8. The smallest absolute Gasteiger partial charge is 0.345 e. The van der Waals surface area contributed by atoms with Crippen LogP contribution in [-0.4, -0.2) is 25.6 Å². The Bertz CT molecular complexity index is 917. The van der Waals surface area contributed by atoms with Crippen molar-refractivity contribution in [2.24, 2.45) is 0 Å². The molecule has 2 aromatic rings. The second-order valence-corrected chi connectivity index (χ2v) is 8.45. The highest BCUT2D eigenvalue weighted by Crippen LogP contribution is 2.45. The minimum absolute atomic E-state index is 0.0344. The van der Waals surface area contributed by atoms with Crippen molar-refractivity contribution >= 4 is 50.3 Å². The fourth-order valence-corrected chi connectivity index (χ4v) is 5.96. The van der Waals surface area contributed by atoms with E-state index >= 15 is 0 Å². The Kier molecular flexibility index (Phi) is 4.08. The molecule has 0 fully saturated rings. The average Bonchev–Trinajstić information content (AvgIpc) is 3.09. The molecule has 0 aliphatic carbocycles. The molecule has 0 amide bonds. The van der Waals surface area contributed by atoms with E-state index in [-0.39, 0.29) is 32.0 Å². The topological polar surface area (TPSA) is 80.7 Å². The van der Waals surface area contributed by atoms with Crippen LogP contribution < -0.4 is 4.74 Å². The number of halogens is 2. The summed E-state index contributed by atoms with van der Waals surface area (Å²) in [5.41, 5.74) is 1.03. The lowest BCUT2D eigenvalue weighted by Gasteiger charge is -2.11. The fraction of sp³-hybridized carbons (Fsp3) is 0.214. The molecule has 0 saturated heterocycles. The number of thiophene rings is 1. The van der Waals surface area contributed by atoms with Crippen LogP contribution >= 0.6 is 34.5 Å². The van der Waals surface area contributed by atoms with Gasteiger partial charge in [-0.15, -0.1) is 0 Å². The van der Waals surface area contributed by atoms with E-state index in [0.717, 1.165) is 0 Å². The van der Waals surface area contributed by atoms with Crippen molar-refractivity contribution in [3.63, 3.8) is 0 Å². The Hall–Kier alpha value is -1.28. The van der Waals surface area contributed by atoms with Gasteiger partial charge < -0.3 is 9.84 Å². The molecule has 1 aliphatic heterocycles. The molecule has 3 rings (SSSR count). The summed E-state index contributed by atoms with van der Waals surface area (Å²) in [6, 6.07) is 1.35. The molecule has 0 saturated carbocycles. The molecule has 5 nitrogen and oxygen atoms in total. The average molecular weight is 393 g/mol. The highest BCUT2D eigenvalue weighted by atomic mass is 35.5. The van der Waals surface area contributed by atoms with E-state index in [2.05, 4.69) is 0 Å². The number of sulfone groups is 1. The second-order valence-electron chi connectivity index (χ2n) is 5.06. The first kappa shape index (κ1) is 16.6. The Morgan fingerprint density at radius 3 is 2.57 bits per heavy atom. The van der Waals surface area contributed by atoms with E-state index < -0.39 is 21.9 Å². The Labute approximate surface area is 146 Å². The quantitative estimate of drug-likeness (QED) is 0.862. The van der Waals surface area contributed by atoms with Gasteiger partial charge in [-0.25, -0.2) is 13.2 Å². The summed E-state index contributed by atoms with van der Waals surface area (Å²) in [4.78, 5) is 11.1. The van der Waals surface area contributed by atoms with Crippen LogP contribution in [0, 0.1) is 6.92 Å². The zero-order valence-electron chi connectivity index (χ0n) is 11.7. The number of benzene rings is 1. The van der Waals surface area contributed by atoms with Gasteiger partial charge in [0.1, 0.15) is 10.8 Å². The molecule has 23 heavy (non-hydrogen) atoms. The summed E-state index contributed by atoms with van der Waals surface area (Å²) in [6.07, 6.45) is -1.06. The number of aryl methyl sites for hydroxylation is 1. The van der Waals surface area contributed by atoms with Gasteiger partial charge in [0.05, 0.1) is 14.8 Å². The minimum atomic E-state index is -3.85. The maximum absolute atomic E-state index is 12.8. The number of carbonyl (C=O) groups is 1. The number of fused-ring (bicyclic) bond motifs is 1. The first-order valence-electron chi connectivity index (χ1n) is 6.41. The van der Waals surface area contributed by atoms with Gasteiger partial charge in [0.15, 0.2) is 6.10 Å². The number of rotatable bonds is 3. The molecule has 1 aromatic heterocycles. The van der Waals surface area contributed by atoms with Crippen molar-refractivity contribution in [1.82, 2.24) is 0 Å². The van der Waals surface area contributed by atoms with E-state index in [1.54, 1.807) is 12.3 Å². The molecule has 122 valence electrons. The Morgan fingerprint density at radius 1 is 1.30 bits per heavy atom. The Balaban J connectivity index is 2.17. The lowest BCUT2D eigenvalue weighted by molar-refractivity contribution is -0.144. The van der Waals surface area contributed by atoms with E-state index in [0.29, 0.717) is 11.1 Å². The van der Waals surface area contributed by atoms with Crippen LogP contribution in [-0.2, 0) is 21.1 Å². The second kappa shape index (κ2) is 5.66. The first-order valence-corrected chi connectivity index (χ1v) is 9.60. The number of carboxylic acids is 1. The SMILES string of the molecule is Cc1cscc1S(=O)(=O)c1cc2c(c(Cl)c1Cl)OC(C(=O)O)C2. The van der Waals surface area contributed by atoms with Gasteiger partial charge >= 0.3 is 5.97 Å². The summed E-state index contributed by atoms with van der Waals surface area (Å²) in [5.74, 6) is -1.02. The molecular formula is C14H10Cl2O5S2. The third kappa shape index (κ3) is 2.61. The number of ether oxygens (including phenoxy) is 1. The van der Waals surface area contributed by atoms with Crippen LogP contribution in [0.4, 0.5) is 0 Å². The van der Waals surface area contributed by atoms with Crippen LogP contribution in [0.15, 0.2) is 26.6 Å². The highest BCUT2D eigenvalue weighted by Gasteiger charge is 2.35. The van der Waals surface area contributed by atoms with Gasteiger partial charge in [-0.3, -0.25) is 0 Å². The van der Waals surface area contributed by atoms with E-state index in [1.807, 2.05) is 0 Å². The van der Waals surface area contributed by atoms with Crippen molar-refractivity contribution in [3.8, 4) is 5.75 Å². The van der Waals surface area contributed by atoms with Gasteiger partial charge in [0, 0.05) is 17.4 Å². The van der Waals surface area contributed by atoms with Crippen molar-refractivity contribution in [1.29, 1.82) is 0 Å². The lowest BCUT2D eigenvalue weighted by Crippen LogP contribution is -2.24. The summed E-state index contributed by atoms with van der Waals surface area (Å²) in [7, 11) is -3.85. The third-order valence-corrected chi connectivity index (χ3v) is 7.43. The van der Waals surface area contributed by atoms with Crippen molar-refractivity contribution in [2.45, 2.75) is 29.2 Å². The van der Waals surface area contributed by atoms with Crippen LogP contribution in [0.25, 0.3) is 0 Å². The minimum Gasteiger partial charge on any atom is -0.478 e. The summed E-state index contributed by atoms with van der Waals surface area (Å²) in [6.45, 7) is 1.69. The van der Waals surface area contributed by atoms with Crippen molar-refractivity contribution in [3.05, 3.63) is 38.0 Å². The summed E-state index contributed by atoms with van der Waals surface area (Å²) >= 11 is 13.5. The molecule has 1 unspecified atom stereocenters. The molecule has 1 aromatic carbocycles. The number of aliphatic carboxylic acids is 1. The van der Waals surface area contributed by atoms with Crippen LogP contribution in [0.1, 0.15) is 11.1 Å². The monoisotopic (exact) mass is 392 g/mol. The molecule has 1 aliphatic rings. The third-order valence-electron chi connectivity index (χ3n) is 3.53. The maximum atomic E-state index is 12.8. The summed E-state index contributed by atoms with van der Waals surface area (Å²) in [5, 5.41) is 12.0. The zero-order chi connectivity index (χ0) is 16.9. The first-order chi connectivity index (χ1) is 10.7. The van der Waals surface area contributed by atoms with E-state index in [1.165, 1.54) is 22.8 Å². The molecule has 0 bridgehead atoms. The van der Waals surface area contributed by atoms with Gasteiger partial charge in [0.25, 0.3) is 0 Å².